The van der Waals surface area contributed by atoms with E-state index in [-0.39, 0.29) is 0 Å². The van der Waals surface area contributed by atoms with Crippen LogP contribution in [0, 0.1) is 4.91 Å². The Balaban J connectivity index is 2.37. The summed E-state index contributed by atoms with van der Waals surface area (Å²) in [7, 11) is 0. The maximum Gasteiger partial charge on any atom is 0.115 e. The second-order valence-corrected chi connectivity index (χ2v) is 3.44. The first-order chi connectivity index (χ1) is 6.74. The highest BCUT2D eigenvalue weighted by Crippen LogP contribution is 2.08. The van der Waals surface area contributed by atoms with E-state index >= 15 is 0 Å². The normalized spacial score (nSPS) is 14.7. The summed E-state index contributed by atoms with van der Waals surface area (Å²) in [5.41, 5.74) is 1.17. The molecule has 0 spiro atoms. The average Bonchev–Trinajstić information content (AvgIpc) is 2.26. The molecule has 2 atom stereocenters. The Morgan fingerprint density at radius 2 is 2.00 bits per heavy atom. The van der Waals surface area contributed by atoms with Gasteiger partial charge in [-0.25, -0.2) is 0 Å². The third-order valence-corrected chi connectivity index (χ3v) is 2.29. The molecule has 14 heavy (non-hydrogen) atoms. The minimum absolute atomic E-state index is 0.515. The number of hydrogen-bond acceptors (Lipinski definition) is 3. The molecule has 0 aromatic heterocycles. The van der Waals surface area contributed by atoms with Crippen LogP contribution in [0.5, 0.6) is 0 Å². The molecule has 0 aliphatic carbocycles. The standard InChI is InChI=1S/C11H15NO2/c1-9(12-14)11(13)8-7-10-5-3-2-4-6-10/h2-6,9,11,13H,7-8H2,1H3. The molecule has 0 aliphatic heterocycles. The Hall–Kier alpha value is -1.22. The highest BCUT2D eigenvalue weighted by molar-refractivity contribution is 5.14. The molecule has 76 valence electrons. The number of aliphatic hydroxyl groups is 1. The van der Waals surface area contributed by atoms with Crippen LogP contribution in [0.15, 0.2) is 35.5 Å². The van der Waals surface area contributed by atoms with Crippen molar-refractivity contribution in [2.24, 2.45) is 5.18 Å². The van der Waals surface area contributed by atoms with E-state index in [4.69, 9.17) is 0 Å². The van der Waals surface area contributed by atoms with Crippen LogP contribution in [0.25, 0.3) is 0 Å². The molecular weight excluding hydrogens is 178 g/mol. The van der Waals surface area contributed by atoms with Crippen LogP contribution in [-0.4, -0.2) is 17.3 Å². The molecule has 1 aromatic carbocycles. The van der Waals surface area contributed by atoms with Gasteiger partial charge in [0.05, 0.1) is 6.10 Å². The number of aliphatic hydroxyl groups excluding tert-OH is 1. The molecule has 1 rings (SSSR count). The third kappa shape index (κ3) is 3.26. The number of rotatable bonds is 5. The van der Waals surface area contributed by atoms with Gasteiger partial charge in [-0.2, -0.15) is 4.91 Å². The molecular formula is C11H15NO2. The van der Waals surface area contributed by atoms with Gasteiger partial charge in [-0.15, -0.1) is 0 Å². The Bertz CT molecular complexity index is 274. The van der Waals surface area contributed by atoms with Gasteiger partial charge in [-0.1, -0.05) is 35.5 Å². The molecule has 0 amide bonds. The summed E-state index contributed by atoms with van der Waals surface area (Å²) >= 11 is 0. The summed E-state index contributed by atoms with van der Waals surface area (Å²) in [4.78, 5) is 10.1. The molecule has 0 bridgehead atoms. The predicted octanol–water partition coefficient (Wildman–Crippen LogP) is 2.13. The van der Waals surface area contributed by atoms with E-state index in [1.807, 2.05) is 30.3 Å². The van der Waals surface area contributed by atoms with Crippen molar-refractivity contribution < 1.29 is 5.11 Å². The fraction of sp³-hybridized carbons (Fsp3) is 0.455. The Morgan fingerprint density at radius 3 is 2.57 bits per heavy atom. The van der Waals surface area contributed by atoms with Gasteiger partial charge in [0.25, 0.3) is 0 Å². The average molecular weight is 193 g/mol. The van der Waals surface area contributed by atoms with Crippen LogP contribution in [0.2, 0.25) is 0 Å². The second-order valence-electron chi connectivity index (χ2n) is 3.44. The molecule has 3 nitrogen and oxygen atoms in total. The van der Waals surface area contributed by atoms with Crippen molar-refractivity contribution in [1.82, 2.24) is 0 Å². The Labute approximate surface area is 83.7 Å². The van der Waals surface area contributed by atoms with E-state index in [0.29, 0.717) is 6.42 Å². The highest BCUT2D eigenvalue weighted by Gasteiger charge is 2.13. The molecule has 3 heteroatoms. The maximum atomic E-state index is 10.1. The summed E-state index contributed by atoms with van der Waals surface area (Å²) in [6.07, 6.45) is 0.728. The number of nitroso groups, excluding NO2 is 1. The second kappa shape index (κ2) is 5.50. The van der Waals surface area contributed by atoms with Crippen LogP contribution < -0.4 is 0 Å². The molecule has 2 unspecified atom stereocenters. The molecule has 0 heterocycles. The van der Waals surface area contributed by atoms with E-state index in [9.17, 15) is 10.0 Å². The lowest BCUT2D eigenvalue weighted by Crippen LogP contribution is -2.21. The summed E-state index contributed by atoms with van der Waals surface area (Å²) < 4.78 is 0. The fourth-order valence-corrected chi connectivity index (χ4v) is 1.27. The van der Waals surface area contributed by atoms with Crippen LogP contribution in [0.4, 0.5) is 0 Å². The van der Waals surface area contributed by atoms with Gasteiger partial charge in [0.1, 0.15) is 6.04 Å². The van der Waals surface area contributed by atoms with Gasteiger partial charge in [0.2, 0.25) is 0 Å². The van der Waals surface area contributed by atoms with E-state index < -0.39 is 12.1 Å². The highest BCUT2D eigenvalue weighted by atomic mass is 16.3. The van der Waals surface area contributed by atoms with Crippen LogP contribution >= 0.6 is 0 Å². The van der Waals surface area contributed by atoms with Crippen molar-refractivity contribution in [3.63, 3.8) is 0 Å². The molecule has 1 N–H and O–H groups in total. The van der Waals surface area contributed by atoms with Gasteiger partial charge >= 0.3 is 0 Å². The monoisotopic (exact) mass is 193 g/mol. The van der Waals surface area contributed by atoms with Crippen molar-refractivity contribution >= 4 is 0 Å². The summed E-state index contributed by atoms with van der Waals surface area (Å²) in [6, 6.07) is 9.37. The smallest absolute Gasteiger partial charge is 0.115 e. The molecule has 0 radical (unpaired) electrons. The zero-order chi connectivity index (χ0) is 10.4. The van der Waals surface area contributed by atoms with Crippen LogP contribution in [0.1, 0.15) is 18.9 Å². The molecule has 0 saturated carbocycles. The predicted molar refractivity (Wildman–Crippen MR) is 56.0 cm³/mol. The Morgan fingerprint density at radius 1 is 1.36 bits per heavy atom. The largest absolute Gasteiger partial charge is 0.391 e. The molecule has 0 fully saturated rings. The first-order valence-electron chi connectivity index (χ1n) is 4.78. The van der Waals surface area contributed by atoms with Crippen molar-refractivity contribution in [3.8, 4) is 0 Å². The van der Waals surface area contributed by atoms with E-state index in [1.165, 1.54) is 5.56 Å². The van der Waals surface area contributed by atoms with Crippen LogP contribution in [0.3, 0.4) is 0 Å². The molecule has 1 aromatic rings. The first-order valence-corrected chi connectivity index (χ1v) is 4.78. The minimum atomic E-state index is -0.632. The lowest BCUT2D eigenvalue weighted by molar-refractivity contribution is 0.142. The maximum absolute atomic E-state index is 10.1. The quantitative estimate of drug-likeness (QED) is 0.728. The van der Waals surface area contributed by atoms with Crippen LogP contribution in [-0.2, 0) is 6.42 Å². The topological polar surface area (TPSA) is 49.7 Å². The summed E-state index contributed by atoms with van der Waals surface area (Å²) in [5.74, 6) is 0. The van der Waals surface area contributed by atoms with Crippen molar-refractivity contribution in [1.29, 1.82) is 0 Å². The minimum Gasteiger partial charge on any atom is -0.391 e. The van der Waals surface area contributed by atoms with Crippen molar-refractivity contribution in [2.75, 3.05) is 0 Å². The van der Waals surface area contributed by atoms with Gasteiger partial charge < -0.3 is 5.11 Å². The number of benzene rings is 1. The third-order valence-electron chi connectivity index (χ3n) is 2.29. The van der Waals surface area contributed by atoms with Gasteiger partial charge in [0.15, 0.2) is 0 Å². The van der Waals surface area contributed by atoms with E-state index in [1.54, 1.807) is 6.92 Å². The van der Waals surface area contributed by atoms with E-state index in [2.05, 4.69) is 5.18 Å². The Kier molecular flexibility index (Phi) is 4.26. The molecule has 0 aliphatic rings. The van der Waals surface area contributed by atoms with Gasteiger partial charge in [0, 0.05) is 0 Å². The zero-order valence-corrected chi connectivity index (χ0v) is 8.26. The number of nitrogens with zero attached hydrogens (tertiary/aromatic N) is 1. The fourth-order valence-electron chi connectivity index (χ4n) is 1.27. The van der Waals surface area contributed by atoms with Crippen molar-refractivity contribution in [3.05, 3.63) is 40.8 Å². The first kappa shape index (κ1) is 10.9. The number of hydrogen-bond donors (Lipinski definition) is 1. The SMILES string of the molecule is CC(N=O)C(O)CCc1ccccc1. The lowest BCUT2D eigenvalue weighted by Gasteiger charge is -2.11. The summed E-state index contributed by atoms with van der Waals surface area (Å²) in [5, 5.41) is 12.3. The van der Waals surface area contributed by atoms with Gasteiger partial charge in [-0.05, 0) is 25.3 Å². The van der Waals surface area contributed by atoms with E-state index in [0.717, 1.165) is 6.42 Å². The zero-order valence-electron chi connectivity index (χ0n) is 8.26. The van der Waals surface area contributed by atoms with Crippen molar-refractivity contribution in [2.45, 2.75) is 31.9 Å². The lowest BCUT2D eigenvalue weighted by atomic mass is 10.0. The number of aryl methyl sites for hydroxylation is 1. The molecule has 0 saturated heterocycles. The van der Waals surface area contributed by atoms with Gasteiger partial charge in [-0.3, -0.25) is 0 Å². The summed E-state index contributed by atoms with van der Waals surface area (Å²) in [6.45, 7) is 1.63.